The Bertz CT molecular complexity index is 5680. The summed E-state index contributed by atoms with van der Waals surface area (Å²) in [5.74, 6) is 2.38. The van der Waals surface area contributed by atoms with Crippen LogP contribution in [0.25, 0.3) is 43.1 Å². The lowest BCUT2D eigenvalue weighted by molar-refractivity contribution is 0.414. The van der Waals surface area contributed by atoms with Gasteiger partial charge in [-0.3, -0.25) is 0 Å². The number of nitrogens with zero attached hydrogens (tertiary/aromatic N) is 4. The Morgan fingerprint density at radius 3 is 0.750 bits per heavy atom. The van der Waals surface area contributed by atoms with Gasteiger partial charge in [-0.1, -0.05) is 199 Å². The maximum atomic E-state index is 6.16. The molecule has 0 fully saturated rings. The van der Waals surface area contributed by atoms with Gasteiger partial charge in [0.15, 0.2) is 0 Å². The monoisotopic (exact) mass is 1350 g/mol. The number of methoxy groups -OCH3 is 3. The number of aryl methyl sites for hydroxylation is 5. The molecule has 0 aliphatic carbocycles. The van der Waals surface area contributed by atoms with E-state index in [-0.39, 0.29) is 0 Å². The van der Waals surface area contributed by atoms with Crippen molar-refractivity contribution in [2.75, 3.05) is 40.9 Å². The van der Waals surface area contributed by atoms with Gasteiger partial charge in [0.2, 0.25) is 0 Å². The minimum Gasteiger partial charge on any atom is -0.497 e. The fourth-order valence-electron chi connectivity index (χ4n) is 15.6. The number of anilines is 12. The van der Waals surface area contributed by atoms with E-state index in [4.69, 9.17) is 14.2 Å². The van der Waals surface area contributed by atoms with E-state index in [1.54, 1.807) is 21.3 Å². The maximum Gasteiger partial charge on any atom is 0.142 e. The highest BCUT2D eigenvalue weighted by atomic mass is 16.5. The Kier molecular flexibility index (Phi) is 17.7. The topological polar surface area (TPSA) is 40.7 Å². The maximum absolute atomic E-state index is 6.16. The van der Waals surface area contributed by atoms with Crippen LogP contribution in [0.3, 0.4) is 0 Å². The lowest BCUT2D eigenvalue weighted by atomic mass is 9.13. The van der Waals surface area contributed by atoms with E-state index in [9.17, 15) is 0 Å². The molecular formula is C96H80BN4O3-. The van der Waals surface area contributed by atoms with Crippen LogP contribution in [0.5, 0.6) is 17.2 Å². The lowest BCUT2D eigenvalue weighted by Gasteiger charge is -2.45. The van der Waals surface area contributed by atoms with Gasteiger partial charge in [-0.15, -0.1) is 0 Å². The average molecular weight is 1350 g/mol. The third kappa shape index (κ3) is 12.3. The minimum absolute atomic E-state index is 0.778. The summed E-state index contributed by atoms with van der Waals surface area (Å²) in [5, 5.41) is 8.97. The van der Waals surface area contributed by atoms with E-state index in [1.807, 2.05) is 36.4 Å². The zero-order valence-corrected chi connectivity index (χ0v) is 59.9. The second-order valence-electron chi connectivity index (χ2n) is 27.5. The van der Waals surface area contributed by atoms with Crippen LogP contribution >= 0.6 is 0 Å². The van der Waals surface area contributed by atoms with Crippen molar-refractivity contribution < 1.29 is 14.2 Å². The van der Waals surface area contributed by atoms with Crippen molar-refractivity contribution in [2.24, 2.45) is 0 Å². The molecule has 0 aromatic heterocycles. The molecule has 0 heterocycles. The van der Waals surface area contributed by atoms with Crippen LogP contribution in [0.15, 0.2) is 340 Å². The van der Waals surface area contributed by atoms with Crippen molar-refractivity contribution in [2.45, 2.75) is 34.6 Å². The number of para-hydroxylation sites is 5. The van der Waals surface area contributed by atoms with Crippen molar-refractivity contribution in [3.05, 3.63) is 368 Å². The van der Waals surface area contributed by atoms with Gasteiger partial charge in [0, 0.05) is 62.6 Å². The molecule has 506 valence electrons. The number of benzene rings is 16. The standard InChI is InChI=1S/C96H80BN4O3/c1-65-25-41-82(42-26-65)98(92-20-12-9-17-67(92)3)86-45-33-70-29-37-78(57-74(70)61-86)97(79-38-30-71-34-46-87(62-75(71)58-79)99(93-21-13-10-18-68(93)4)84-49-53-90(102-6)54-50-84,80-39-31-72-35-47-88(63-76(72)59-80)100(94-22-14-11-19-69(94)5)85-51-55-91(103-7)56-52-85)81-40-32-73-36-48-89(64-77(73)60-81)101(83-43-27-66(2)28-44-83)95-23-15-16-24-96(95)104-8/h9-64H,1-8H3/q-1. The zero-order valence-electron chi connectivity index (χ0n) is 59.9. The van der Waals surface area contributed by atoms with Gasteiger partial charge in [0.1, 0.15) is 23.4 Å². The van der Waals surface area contributed by atoms with E-state index in [2.05, 4.69) is 358 Å². The highest BCUT2D eigenvalue weighted by molar-refractivity contribution is 7.20. The molecule has 0 spiro atoms. The molecule has 0 amide bonds. The molecule has 16 aromatic carbocycles. The van der Waals surface area contributed by atoms with Gasteiger partial charge in [-0.2, -0.15) is 21.9 Å². The van der Waals surface area contributed by atoms with Crippen LogP contribution in [0, 0.1) is 34.6 Å². The third-order valence-corrected chi connectivity index (χ3v) is 21.1. The molecule has 8 heteroatoms. The van der Waals surface area contributed by atoms with Crippen molar-refractivity contribution in [1.29, 1.82) is 0 Å². The van der Waals surface area contributed by atoms with E-state index < -0.39 is 6.15 Å². The first-order chi connectivity index (χ1) is 50.9. The number of ether oxygens (including phenoxy) is 3. The fraction of sp³-hybridized carbons (Fsp3) is 0.0833. The van der Waals surface area contributed by atoms with Gasteiger partial charge in [0.25, 0.3) is 0 Å². The first-order valence-corrected chi connectivity index (χ1v) is 35.7. The Hall–Kier alpha value is -12.8. The number of rotatable bonds is 19. The van der Waals surface area contributed by atoms with Gasteiger partial charge in [-0.05, 0) is 246 Å². The van der Waals surface area contributed by atoms with Crippen LogP contribution in [0.2, 0.25) is 0 Å². The number of fused-ring (bicyclic) bond motifs is 4. The molecule has 0 bridgehead atoms. The summed E-state index contributed by atoms with van der Waals surface area (Å²) in [6, 6.07) is 125. The fourth-order valence-corrected chi connectivity index (χ4v) is 15.6. The van der Waals surface area contributed by atoms with Crippen LogP contribution in [0.4, 0.5) is 68.2 Å². The van der Waals surface area contributed by atoms with Crippen LogP contribution in [0.1, 0.15) is 27.8 Å². The molecule has 16 rings (SSSR count). The van der Waals surface area contributed by atoms with Gasteiger partial charge >= 0.3 is 0 Å². The highest BCUT2D eigenvalue weighted by Crippen LogP contribution is 2.45. The highest BCUT2D eigenvalue weighted by Gasteiger charge is 2.34. The number of hydrogen-bond acceptors (Lipinski definition) is 7. The summed E-state index contributed by atoms with van der Waals surface area (Å²) < 4.78 is 17.6. The number of hydrogen-bond donors (Lipinski definition) is 0. The van der Waals surface area contributed by atoms with E-state index in [0.29, 0.717) is 0 Å². The predicted octanol–water partition coefficient (Wildman–Crippen LogP) is 23.1. The largest absolute Gasteiger partial charge is 0.497 e. The molecule has 0 saturated heterocycles. The molecule has 7 nitrogen and oxygen atoms in total. The predicted molar refractivity (Wildman–Crippen MR) is 442 cm³/mol. The Morgan fingerprint density at radius 1 is 0.212 bits per heavy atom. The Morgan fingerprint density at radius 2 is 0.462 bits per heavy atom. The quantitative estimate of drug-likeness (QED) is 0.0747. The molecule has 0 N–H and O–H groups in total. The summed E-state index contributed by atoms with van der Waals surface area (Å²) in [5.41, 5.74) is 23.2. The molecule has 0 aliphatic heterocycles. The molecule has 0 atom stereocenters. The average Bonchev–Trinajstić information content (AvgIpc) is 0.715. The second-order valence-corrected chi connectivity index (χ2v) is 27.5. The molecular weight excluding hydrogens is 1270 g/mol. The van der Waals surface area contributed by atoms with Crippen LogP contribution < -0.4 is 55.7 Å². The summed E-state index contributed by atoms with van der Waals surface area (Å²) >= 11 is 0. The molecule has 0 unspecified atom stereocenters. The third-order valence-electron chi connectivity index (χ3n) is 21.1. The summed E-state index contributed by atoms with van der Waals surface area (Å²) in [6.45, 7) is 10.9. The Balaban J connectivity index is 0.993. The summed E-state index contributed by atoms with van der Waals surface area (Å²) in [6.07, 6.45) is -2.19. The molecule has 0 saturated carbocycles. The Labute approximate surface area is 610 Å². The molecule has 104 heavy (non-hydrogen) atoms. The zero-order chi connectivity index (χ0) is 71.0. The first kappa shape index (κ1) is 65.8. The van der Waals surface area contributed by atoms with Crippen LogP contribution in [-0.2, 0) is 0 Å². The summed E-state index contributed by atoms with van der Waals surface area (Å²) in [4.78, 5) is 9.47. The van der Waals surface area contributed by atoms with E-state index in [1.165, 1.54) is 33.1 Å². The van der Waals surface area contributed by atoms with Crippen molar-refractivity contribution in [1.82, 2.24) is 0 Å². The van der Waals surface area contributed by atoms with Crippen LogP contribution in [-0.4, -0.2) is 27.5 Å². The summed E-state index contributed by atoms with van der Waals surface area (Å²) in [7, 11) is 5.19. The van der Waals surface area contributed by atoms with Gasteiger partial charge in [-0.25, -0.2) is 0 Å². The SMILES string of the molecule is COc1ccc(N(c2ccc3ccc([B-](c4ccc5ccc(N(c6ccc(C)cc6)c6ccccc6C)cc5c4)(c4ccc5ccc(N(c6ccc(OC)cc6)c6ccccc6C)cc5c4)c4ccc5ccc(N(c6ccc(C)cc6)c6ccccc6OC)cc5c4)cc3c2)c2ccccc2C)cc1. The lowest BCUT2D eigenvalue weighted by Crippen LogP contribution is -2.74. The molecule has 0 aliphatic rings. The van der Waals surface area contributed by atoms with Crippen molar-refractivity contribution in [3.8, 4) is 17.2 Å². The van der Waals surface area contributed by atoms with Gasteiger partial charge in [0.05, 0.1) is 27.0 Å². The van der Waals surface area contributed by atoms with Crippen molar-refractivity contribution in [3.63, 3.8) is 0 Å². The van der Waals surface area contributed by atoms with E-state index in [0.717, 1.165) is 145 Å². The molecule has 0 radical (unpaired) electrons. The second kappa shape index (κ2) is 28.0. The molecule has 16 aromatic rings. The van der Waals surface area contributed by atoms with Crippen molar-refractivity contribution >= 4 is 139 Å². The normalized spacial score (nSPS) is 11.5. The first-order valence-electron chi connectivity index (χ1n) is 35.7. The minimum atomic E-state index is -2.19. The van der Waals surface area contributed by atoms with Gasteiger partial charge < -0.3 is 33.8 Å². The smallest absolute Gasteiger partial charge is 0.142 e. The van der Waals surface area contributed by atoms with E-state index >= 15 is 0 Å².